The number of anilines is 1. The van der Waals surface area contributed by atoms with Gasteiger partial charge in [-0.2, -0.15) is 0 Å². The van der Waals surface area contributed by atoms with Crippen molar-refractivity contribution in [2.75, 3.05) is 5.32 Å². The van der Waals surface area contributed by atoms with Crippen molar-refractivity contribution in [3.63, 3.8) is 0 Å². The van der Waals surface area contributed by atoms with E-state index in [1.165, 1.54) is 12.3 Å². The quantitative estimate of drug-likeness (QED) is 0.422. The monoisotopic (exact) mass is 416 g/mol. The first kappa shape index (κ1) is 19.5. The lowest BCUT2D eigenvalue weighted by Crippen LogP contribution is -2.30. The normalized spacial score (nSPS) is 11.3. The summed E-state index contributed by atoms with van der Waals surface area (Å²) < 4.78 is 5.12. The molecule has 1 aromatic heterocycles. The number of amides is 2. The molecule has 2 amide bonds. The highest BCUT2D eigenvalue weighted by Gasteiger charge is 2.16. The summed E-state index contributed by atoms with van der Waals surface area (Å²) in [7, 11) is 0. The van der Waals surface area contributed by atoms with Crippen LogP contribution in [0.2, 0.25) is 5.02 Å². The van der Waals surface area contributed by atoms with Crippen molar-refractivity contribution in [3.05, 3.63) is 107 Å². The number of nitrogens with one attached hydrogen (secondary N) is 2. The SMILES string of the molecule is O=C(Nc1ccc2ccccc2c1)/C(=C/c1ccc(Cl)cc1)NC(=O)c1ccco1. The van der Waals surface area contributed by atoms with Gasteiger partial charge >= 0.3 is 0 Å². The summed E-state index contributed by atoms with van der Waals surface area (Å²) in [5.74, 6) is -0.871. The zero-order chi connectivity index (χ0) is 20.9. The zero-order valence-electron chi connectivity index (χ0n) is 15.8. The molecule has 4 aromatic rings. The molecular formula is C24H17ClN2O3. The molecule has 0 aliphatic heterocycles. The molecule has 3 aromatic carbocycles. The third kappa shape index (κ3) is 4.59. The van der Waals surface area contributed by atoms with Gasteiger partial charge in [0, 0.05) is 10.7 Å². The van der Waals surface area contributed by atoms with Crippen molar-refractivity contribution in [3.8, 4) is 0 Å². The molecule has 0 saturated carbocycles. The number of hydrogen-bond acceptors (Lipinski definition) is 3. The highest BCUT2D eigenvalue weighted by molar-refractivity contribution is 6.30. The van der Waals surface area contributed by atoms with Crippen molar-refractivity contribution in [1.82, 2.24) is 5.32 Å². The summed E-state index contributed by atoms with van der Waals surface area (Å²) in [6, 6.07) is 23.5. The van der Waals surface area contributed by atoms with Gasteiger partial charge in [-0.3, -0.25) is 9.59 Å². The van der Waals surface area contributed by atoms with Crippen LogP contribution < -0.4 is 10.6 Å². The van der Waals surface area contributed by atoms with E-state index in [2.05, 4.69) is 10.6 Å². The molecule has 0 radical (unpaired) electrons. The Bertz CT molecular complexity index is 1230. The molecule has 0 unspecified atom stereocenters. The molecule has 0 saturated heterocycles. The molecule has 6 heteroatoms. The van der Waals surface area contributed by atoms with E-state index in [9.17, 15) is 9.59 Å². The summed E-state index contributed by atoms with van der Waals surface area (Å²) >= 11 is 5.94. The standard InChI is InChI=1S/C24H17ClN2O3/c25-19-10-7-16(8-11-19)14-21(27-24(29)22-6-3-13-30-22)23(28)26-20-12-9-17-4-1-2-5-18(17)15-20/h1-15H,(H,26,28)(H,27,29)/b21-14-. The minimum absolute atomic E-state index is 0.0758. The fraction of sp³-hybridized carbons (Fsp3) is 0. The first-order valence-electron chi connectivity index (χ1n) is 9.21. The summed E-state index contributed by atoms with van der Waals surface area (Å²) in [6.07, 6.45) is 2.97. The third-order valence-corrected chi connectivity index (χ3v) is 4.68. The van der Waals surface area contributed by atoms with E-state index < -0.39 is 11.8 Å². The van der Waals surface area contributed by atoms with Crippen LogP contribution in [0, 0.1) is 0 Å². The molecular weight excluding hydrogens is 400 g/mol. The van der Waals surface area contributed by atoms with Crippen LogP contribution in [-0.4, -0.2) is 11.8 Å². The van der Waals surface area contributed by atoms with Crippen molar-refractivity contribution in [2.24, 2.45) is 0 Å². The van der Waals surface area contributed by atoms with E-state index in [0.29, 0.717) is 16.3 Å². The second-order valence-electron chi connectivity index (χ2n) is 6.56. The average Bonchev–Trinajstić information content (AvgIpc) is 3.30. The molecule has 0 spiro atoms. The molecule has 0 bridgehead atoms. The number of carbonyl (C=O) groups is 2. The van der Waals surface area contributed by atoms with Gasteiger partial charge in [-0.1, -0.05) is 54.1 Å². The van der Waals surface area contributed by atoms with E-state index in [0.717, 1.165) is 10.8 Å². The maximum absolute atomic E-state index is 13.0. The number of fused-ring (bicyclic) bond motifs is 1. The van der Waals surface area contributed by atoms with E-state index in [1.807, 2.05) is 42.5 Å². The van der Waals surface area contributed by atoms with Crippen molar-refractivity contribution in [1.29, 1.82) is 0 Å². The number of hydrogen-bond donors (Lipinski definition) is 2. The lowest BCUT2D eigenvalue weighted by molar-refractivity contribution is -0.113. The van der Waals surface area contributed by atoms with Crippen molar-refractivity contribution >= 4 is 46.0 Å². The lowest BCUT2D eigenvalue weighted by atomic mass is 10.1. The van der Waals surface area contributed by atoms with Gasteiger partial charge in [0.25, 0.3) is 11.8 Å². The largest absolute Gasteiger partial charge is 0.459 e. The fourth-order valence-electron chi connectivity index (χ4n) is 2.94. The zero-order valence-corrected chi connectivity index (χ0v) is 16.5. The Morgan fingerprint density at radius 2 is 1.63 bits per heavy atom. The number of furan rings is 1. The Morgan fingerprint density at radius 1 is 0.867 bits per heavy atom. The van der Waals surface area contributed by atoms with E-state index in [4.69, 9.17) is 16.0 Å². The molecule has 148 valence electrons. The highest BCUT2D eigenvalue weighted by atomic mass is 35.5. The number of halogens is 1. The predicted molar refractivity (Wildman–Crippen MR) is 118 cm³/mol. The topological polar surface area (TPSA) is 71.3 Å². The van der Waals surface area contributed by atoms with Crippen molar-refractivity contribution < 1.29 is 14.0 Å². The Kier molecular flexibility index (Phi) is 5.63. The Labute approximate surface area is 178 Å². The van der Waals surface area contributed by atoms with Crippen LogP contribution in [0.15, 0.2) is 95.2 Å². The maximum atomic E-state index is 13.0. The number of carbonyl (C=O) groups excluding carboxylic acids is 2. The summed E-state index contributed by atoms with van der Waals surface area (Å²) in [4.78, 5) is 25.4. The number of benzene rings is 3. The van der Waals surface area contributed by atoms with Crippen LogP contribution in [0.1, 0.15) is 16.1 Å². The molecule has 0 aliphatic carbocycles. The van der Waals surface area contributed by atoms with Crippen LogP contribution >= 0.6 is 11.6 Å². The minimum atomic E-state index is -0.520. The van der Waals surface area contributed by atoms with Gasteiger partial charge in [0.1, 0.15) is 5.70 Å². The van der Waals surface area contributed by atoms with Gasteiger partial charge in [0.05, 0.1) is 6.26 Å². The number of rotatable bonds is 5. The molecule has 5 nitrogen and oxygen atoms in total. The fourth-order valence-corrected chi connectivity index (χ4v) is 3.07. The Balaban J connectivity index is 1.62. The van der Waals surface area contributed by atoms with Crippen LogP contribution in [0.3, 0.4) is 0 Å². The van der Waals surface area contributed by atoms with Gasteiger partial charge in [0.15, 0.2) is 5.76 Å². The first-order chi connectivity index (χ1) is 14.6. The van der Waals surface area contributed by atoms with Gasteiger partial charge in [-0.15, -0.1) is 0 Å². The van der Waals surface area contributed by atoms with E-state index in [1.54, 1.807) is 36.4 Å². The molecule has 0 aliphatic rings. The highest BCUT2D eigenvalue weighted by Crippen LogP contribution is 2.20. The van der Waals surface area contributed by atoms with E-state index >= 15 is 0 Å². The second kappa shape index (κ2) is 8.68. The van der Waals surface area contributed by atoms with Crippen molar-refractivity contribution in [2.45, 2.75) is 0 Å². The average molecular weight is 417 g/mol. The molecule has 4 rings (SSSR count). The van der Waals surface area contributed by atoms with Gasteiger partial charge in [-0.05, 0) is 58.8 Å². The van der Waals surface area contributed by atoms with Crippen LogP contribution in [-0.2, 0) is 4.79 Å². The maximum Gasteiger partial charge on any atom is 0.291 e. The van der Waals surface area contributed by atoms with Gasteiger partial charge in [0.2, 0.25) is 0 Å². The van der Waals surface area contributed by atoms with Crippen LogP contribution in [0.5, 0.6) is 0 Å². The second-order valence-corrected chi connectivity index (χ2v) is 6.99. The first-order valence-corrected chi connectivity index (χ1v) is 9.58. The summed E-state index contributed by atoms with van der Waals surface area (Å²) in [5, 5.41) is 8.11. The molecule has 0 fully saturated rings. The van der Waals surface area contributed by atoms with Gasteiger partial charge in [-0.25, -0.2) is 0 Å². The van der Waals surface area contributed by atoms with Gasteiger partial charge < -0.3 is 15.1 Å². The smallest absolute Gasteiger partial charge is 0.291 e. The minimum Gasteiger partial charge on any atom is -0.459 e. The molecule has 30 heavy (non-hydrogen) atoms. The van der Waals surface area contributed by atoms with Crippen LogP contribution in [0.4, 0.5) is 5.69 Å². The Hall–Kier alpha value is -3.83. The molecule has 2 N–H and O–H groups in total. The molecule has 0 atom stereocenters. The van der Waals surface area contributed by atoms with Crippen LogP contribution in [0.25, 0.3) is 16.8 Å². The third-order valence-electron chi connectivity index (χ3n) is 4.43. The van der Waals surface area contributed by atoms with E-state index in [-0.39, 0.29) is 11.5 Å². The Morgan fingerprint density at radius 3 is 2.37 bits per heavy atom. The summed E-state index contributed by atoms with van der Waals surface area (Å²) in [5.41, 5.74) is 1.41. The predicted octanol–water partition coefficient (Wildman–Crippen LogP) is 5.50. The lowest BCUT2D eigenvalue weighted by Gasteiger charge is -2.11. The molecule has 1 heterocycles. The summed E-state index contributed by atoms with van der Waals surface area (Å²) in [6.45, 7) is 0.